The van der Waals surface area contributed by atoms with Gasteiger partial charge >= 0.3 is 0 Å². The van der Waals surface area contributed by atoms with Gasteiger partial charge in [0.15, 0.2) is 0 Å². The highest BCUT2D eigenvalue weighted by Gasteiger charge is 2.32. The lowest BCUT2D eigenvalue weighted by molar-refractivity contribution is -0.107. The van der Waals surface area contributed by atoms with E-state index < -0.39 is 0 Å². The predicted octanol–water partition coefficient (Wildman–Crippen LogP) is 7.55. The number of anilines is 1. The van der Waals surface area contributed by atoms with Crippen LogP contribution in [0.15, 0.2) is 66.7 Å². The number of benzene rings is 3. The molecule has 2 amide bonds. The number of carbonyl (C=O) groups excluding carboxylic acids is 2. The average molecular weight is 574 g/mol. The minimum atomic E-state index is 0.0211. The van der Waals surface area contributed by atoms with Gasteiger partial charge in [0.05, 0.1) is 5.02 Å². The van der Waals surface area contributed by atoms with Gasteiger partial charge in [-0.25, -0.2) is 0 Å². The van der Waals surface area contributed by atoms with E-state index in [0.717, 1.165) is 71.0 Å². The summed E-state index contributed by atoms with van der Waals surface area (Å²) in [5.41, 5.74) is 5.42. The molecule has 0 unspecified atom stereocenters. The van der Waals surface area contributed by atoms with E-state index in [4.69, 9.17) is 11.6 Å². The van der Waals surface area contributed by atoms with Crippen LogP contribution in [-0.4, -0.2) is 43.4 Å². The molecule has 0 bridgehead atoms. The van der Waals surface area contributed by atoms with Crippen LogP contribution in [0.5, 0.6) is 0 Å². The van der Waals surface area contributed by atoms with Crippen molar-refractivity contribution >= 4 is 51.0 Å². The Morgan fingerprint density at radius 2 is 1.70 bits per heavy atom. The fraction of sp³-hybridized carbons (Fsp3) is 0.333. The smallest absolute Gasteiger partial charge is 0.266 e. The topological polar surface area (TPSA) is 52.7 Å². The van der Waals surface area contributed by atoms with Gasteiger partial charge < -0.3 is 15.1 Å². The number of rotatable bonds is 9. The molecule has 1 heterocycles. The first kappa shape index (κ1) is 28.3. The van der Waals surface area contributed by atoms with Gasteiger partial charge in [-0.05, 0) is 85.7 Å². The first-order valence-electron chi connectivity index (χ1n) is 14.0. The van der Waals surface area contributed by atoms with Crippen molar-refractivity contribution in [2.24, 2.45) is 0 Å². The Balaban J connectivity index is 1.50. The number of fused-ring (bicyclic) bond motifs is 1. The van der Waals surface area contributed by atoms with Crippen molar-refractivity contribution in [3.05, 3.63) is 87.8 Å². The molecular weight excluding hydrogens is 538 g/mol. The number of thiophene rings is 1. The zero-order chi connectivity index (χ0) is 28.2. The van der Waals surface area contributed by atoms with Gasteiger partial charge in [-0.15, -0.1) is 11.3 Å². The van der Waals surface area contributed by atoms with E-state index in [1.54, 1.807) is 11.9 Å². The third-order valence-electron chi connectivity index (χ3n) is 8.23. The van der Waals surface area contributed by atoms with Crippen molar-refractivity contribution in [1.29, 1.82) is 0 Å². The molecule has 40 heavy (non-hydrogen) atoms. The van der Waals surface area contributed by atoms with Gasteiger partial charge in [-0.1, -0.05) is 61.0 Å². The van der Waals surface area contributed by atoms with E-state index in [1.807, 2.05) is 55.6 Å². The summed E-state index contributed by atoms with van der Waals surface area (Å²) in [6, 6.07) is 23.2. The first-order valence-corrected chi connectivity index (χ1v) is 15.2. The molecule has 3 aromatic carbocycles. The van der Waals surface area contributed by atoms with Crippen molar-refractivity contribution in [3.63, 3.8) is 0 Å². The third kappa shape index (κ3) is 5.80. The van der Waals surface area contributed by atoms with Gasteiger partial charge in [0.2, 0.25) is 6.41 Å². The van der Waals surface area contributed by atoms with Crippen LogP contribution in [0.2, 0.25) is 5.02 Å². The molecule has 1 saturated carbocycles. The van der Waals surface area contributed by atoms with Gasteiger partial charge in [-0.2, -0.15) is 0 Å². The lowest BCUT2D eigenvalue weighted by Crippen LogP contribution is -2.44. The van der Waals surface area contributed by atoms with E-state index in [-0.39, 0.29) is 11.9 Å². The second-order valence-electron chi connectivity index (χ2n) is 10.6. The molecule has 0 saturated heterocycles. The van der Waals surface area contributed by atoms with Crippen LogP contribution in [0.25, 0.3) is 21.2 Å². The van der Waals surface area contributed by atoms with Gasteiger partial charge in [-0.3, -0.25) is 9.59 Å². The number of amides is 2. The van der Waals surface area contributed by atoms with Crippen molar-refractivity contribution in [2.75, 3.05) is 19.0 Å². The van der Waals surface area contributed by atoms with E-state index in [1.165, 1.54) is 16.9 Å². The number of nitrogens with zero attached hydrogens (tertiary/aromatic N) is 2. The zero-order valence-corrected chi connectivity index (χ0v) is 24.9. The Morgan fingerprint density at radius 3 is 2.35 bits per heavy atom. The molecule has 1 fully saturated rings. The summed E-state index contributed by atoms with van der Waals surface area (Å²) in [5, 5.41) is 4.92. The van der Waals surface area contributed by atoms with Crippen LogP contribution in [0.4, 0.5) is 5.69 Å². The maximum Gasteiger partial charge on any atom is 0.266 e. The Bertz CT molecular complexity index is 1490. The highest BCUT2D eigenvalue weighted by molar-refractivity contribution is 7.21. The van der Waals surface area contributed by atoms with Crippen LogP contribution in [0, 0.1) is 0 Å². The Morgan fingerprint density at radius 1 is 1.00 bits per heavy atom. The SMILES string of the molecule is CCc1ccc(-c2ccc(N(C)C=O)cc2)cc1CN(C(=O)c1sc2ccccc2c1Cl)[C@H]1CC[C@H](NC)CC1. The van der Waals surface area contributed by atoms with Gasteiger partial charge in [0.1, 0.15) is 4.88 Å². The van der Waals surface area contributed by atoms with E-state index in [0.29, 0.717) is 22.5 Å². The normalized spacial score (nSPS) is 17.1. The highest BCUT2D eigenvalue weighted by atomic mass is 35.5. The molecule has 1 aliphatic carbocycles. The maximum atomic E-state index is 14.3. The van der Waals surface area contributed by atoms with Crippen molar-refractivity contribution in [3.8, 4) is 11.1 Å². The molecule has 0 radical (unpaired) electrons. The minimum absolute atomic E-state index is 0.0211. The summed E-state index contributed by atoms with van der Waals surface area (Å²) in [6.07, 6.45) is 5.72. The molecule has 5 nitrogen and oxygen atoms in total. The average Bonchev–Trinajstić information content (AvgIpc) is 3.35. The summed E-state index contributed by atoms with van der Waals surface area (Å²) in [7, 11) is 3.77. The monoisotopic (exact) mass is 573 g/mol. The standard InChI is InChI=1S/C33H36ClN3O2S/c1-4-22-9-10-24(23-11-15-27(16-12-23)36(3)21-38)19-25(22)20-37(28-17-13-26(35-2)14-18-28)33(39)32-31(34)29-7-5-6-8-30(29)40-32/h5-12,15-16,19,21,26,28,35H,4,13-14,17-18,20H2,1-3H3/t26-,28-. The van der Waals surface area contributed by atoms with Crippen LogP contribution < -0.4 is 10.2 Å². The van der Waals surface area contributed by atoms with Crippen molar-refractivity contribution in [1.82, 2.24) is 10.2 Å². The maximum absolute atomic E-state index is 14.3. The lowest BCUT2D eigenvalue weighted by atomic mass is 9.89. The number of hydrogen-bond donors (Lipinski definition) is 1. The molecule has 0 aliphatic heterocycles. The van der Waals surface area contributed by atoms with E-state index in [9.17, 15) is 9.59 Å². The number of halogens is 1. The first-order chi connectivity index (χ1) is 19.4. The molecule has 5 rings (SSSR count). The molecule has 4 aromatic rings. The predicted molar refractivity (Wildman–Crippen MR) is 168 cm³/mol. The summed E-state index contributed by atoms with van der Waals surface area (Å²) in [5.74, 6) is 0.0211. The van der Waals surface area contributed by atoms with E-state index >= 15 is 0 Å². The molecular formula is C33H36ClN3O2S. The van der Waals surface area contributed by atoms with Gasteiger partial charge in [0, 0.05) is 41.4 Å². The highest BCUT2D eigenvalue weighted by Crippen LogP contribution is 2.38. The van der Waals surface area contributed by atoms with Crippen LogP contribution in [-0.2, 0) is 17.8 Å². The molecule has 0 atom stereocenters. The molecule has 1 aromatic heterocycles. The molecule has 1 aliphatic rings. The molecule has 208 valence electrons. The second-order valence-corrected chi connectivity index (χ2v) is 12.0. The van der Waals surface area contributed by atoms with Crippen molar-refractivity contribution in [2.45, 2.75) is 57.7 Å². The van der Waals surface area contributed by atoms with E-state index in [2.05, 4.69) is 35.3 Å². The Kier molecular flexibility index (Phi) is 8.89. The Labute approximate surface area is 245 Å². The van der Waals surface area contributed by atoms with Crippen LogP contribution in [0.3, 0.4) is 0 Å². The molecule has 7 heteroatoms. The number of hydrogen-bond acceptors (Lipinski definition) is 4. The lowest BCUT2D eigenvalue weighted by Gasteiger charge is -2.37. The fourth-order valence-corrected chi connectivity index (χ4v) is 7.22. The van der Waals surface area contributed by atoms with Crippen molar-refractivity contribution < 1.29 is 9.59 Å². The fourth-order valence-electron chi connectivity index (χ4n) is 5.76. The minimum Gasteiger partial charge on any atom is -0.331 e. The Hall–Kier alpha value is -3.19. The second kappa shape index (κ2) is 12.5. The van der Waals surface area contributed by atoms with Crippen LogP contribution in [0.1, 0.15) is 53.4 Å². The summed E-state index contributed by atoms with van der Waals surface area (Å²) in [6.45, 7) is 2.71. The largest absolute Gasteiger partial charge is 0.331 e. The number of aryl methyl sites for hydroxylation is 1. The number of nitrogens with one attached hydrogen (secondary N) is 1. The summed E-state index contributed by atoms with van der Waals surface area (Å²) < 4.78 is 1.04. The number of carbonyl (C=O) groups is 2. The summed E-state index contributed by atoms with van der Waals surface area (Å²) >= 11 is 8.31. The zero-order valence-electron chi connectivity index (χ0n) is 23.3. The molecule has 0 spiro atoms. The molecule has 1 N–H and O–H groups in total. The van der Waals surface area contributed by atoms with Gasteiger partial charge in [0.25, 0.3) is 5.91 Å². The van der Waals surface area contributed by atoms with Crippen LogP contribution >= 0.6 is 22.9 Å². The third-order valence-corrected chi connectivity index (χ3v) is 9.89. The quantitative estimate of drug-likeness (QED) is 0.210. The summed E-state index contributed by atoms with van der Waals surface area (Å²) in [4.78, 5) is 29.7.